The standard InChI is InChI=1S/C24H35BN4O5/c1-22(2,3)32-21(30)29-11-9-28(10-12-29)20-16-13-19(31-8)17(14-18(16)26-15-27-20)25-33-23(4,5)24(6,7)34-25/h13-15H,9-12H2,1-8H3. The predicted molar refractivity (Wildman–Crippen MR) is 132 cm³/mol. The first-order valence-electron chi connectivity index (χ1n) is 11.7. The molecule has 0 bridgehead atoms. The predicted octanol–water partition coefficient (Wildman–Crippen LogP) is 2.99. The van der Waals surface area contributed by atoms with Gasteiger partial charge in [-0.15, -0.1) is 0 Å². The summed E-state index contributed by atoms with van der Waals surface area (Å²) in [6.07, 6.45) is 1.28. The Kier molecular flexibility index (Phi) is 6.18. The third kappa shape index (κ3) is 4.66. The number of methoxy groups -OCH3 is 1. The molecule has 0 unspecified atom stereocenters. The Morgan fingerprint density at radius 3 is 2.21 bits per heavy atom. The maximum Gasteiger partial charge on any atom is 0.498 e. The van der Waals surface area contributed by atoms with E-state index >= 15 is 0 Å². The first-order chi connectivity index (χ1) is 15.8. The van der Waals surface area contributed by atoms with Crippen LogP contribution in [-0.4, -0.2) is 78.2 Å². The van der Waals surface area contributed by atoms with Crippen LogP contribution in [0.4, 0.5) is 10.6 Å². The summed E-state index contributed by atoms with van der Waals surface area (Å²) in [5, 5.41) is 0.880. The van der Waals surface area contributed by atoms with Crippen LogP contribution in [0.3, 0.4) is 0 Å². The van der Waals surface area contributed by atoms with Gasteiger partial charge in [-0.1, -0.05) is 0 Å². The number of rotatable bonds is 3. The smallest absolute Gasteiger partial charge is 0.497 e. The average molecular weight is 470 g/mol. The molecule has 1 aromatic carbocycles. The van der Waals surface area contributed by atoms with Gasteiger partial charge in [0.15, 0.2) is 0 Å². The zero-order chi connectivity index (χ0) is 24.9. The lowest BCUT2D eigenvalue weighted by Crippen LogP contribution is -2.50. The Morgan fingerprint density at radius 2 is 1.65 bits per heavy atom. The second kappa shape index (κ2) is 8.57. The third-order valence-corrected chi connectivity index (χ3v) is 6.70. The monoisotopic (exact) mass is 470 g/mol. The molecule has 4 rings (SSSR count). The minimum atomic E-state index is -0.555. The number of nitrogens with zero attached hydrogens (tertiary/aromatic N) is 4. The lowest BCUT2D eigenvalue weighted by Gasteiger charge is -2.36. The molecular weight excluding hydrogens is 435 g/mol. The van der Waals surface area contributed by atoms with E-state index in [2.05, 4.69) is 14.9 Å². The molecule has 2 saturated heterocycles. The molecule has 184 valence electrons. The number of hydrogen-bond donors (Lipinski definition) is 0. The fraction of sp³-hybridized carbons (Fsp3) is 0.625. The van der Waals surface area contributed by atoms with Crippen molar-refractivity contribution in [3.63, 3.8) is 0 Å². The van der Waals surface area contributed by atoms with Gasteiger partial charge >= 0.3 is 13.2 Å². The molecule has 2 aliphatic heterocycles. The number of fused-ring (bicyclic) bond motifs is 1. The first kappa shape index (κ1) is 24.5. The minimum absolute atomic E-state index is 0.284. The van der Waals surface area contributed by atoms with E-state index < -0.39 is 23.9 Å². The second-order valence-corrected chi connectivity index (χ2v) is 10.9. The van der Waals surface area contributed by atoms with Crippen molar-refractivity contribution in [2.24, 2.45) is 0 Å². The third-order valence-electron chi connectivity index (χ3n) is 6.70. The molecule has 2 fully saturated rings. The number of benzene rings is 1. The number of amides is 1. The number of ether oxygens (including phenoxy) is 2. The summed E-state index contributed by atoms with van der Waals surface area (Å²) in [6, 6.07) is 3.91. The van der Waals surface area contributed by atoms with E-state index in [9.17, 15) is 4.79 Å². The van der Waals surface area contributed by atoms with E-state index in [0.717, 1.165) is 22.2 Å². The maximum atomic E-state index is 12.4. The lowest BCUT2D eigenvalue weighted by atomic mass is 9.78. The van der Waals surface area contributed by atoms with Crippen LogP contribution in [0, 0.1) is 0 Å². The van der Waals surface area contributed by atoms with E-state index in [1.807, 2.05) is 60.6 Å². The van der Waals surface area contributed by atoms with E-state index in [0.29, 0.717) is 31.9 Å². The normalized spacial score (nSPS) is 20.1. The first-order valence-corrected chi connectivity index (χ1v) is 11.7. The highest BCUT2D eigenvalue weighted by molar-refractivity contribution is 6.63. The molecule has 2 aliphatic rings. The number of aromatic nitrogens is 2. The van der Waals surface area contributed by atoms with Crippen LogP contribution in [0.15, 0.2) is 18.5 Å². The van der Waals surface area contributed by atoms with Crippen LogP contribution in [-0.2, 0) is 14.0 Å². The van der Waals surface area contributed by atoms with Gasteiger partial charge in [0.05, 0.1) is 23.8 Å². The van der Waals surface area contributed by atoms with Gasteiger partial charge in [0, 0.05) is 37.0 Å². The van der Waals surface area contributed by atoms with E-state index in [1.165, 1.54) is 0 Å². The summed E-state index contributed by atoms with van der Waals surface area (Å²) in [5.41, 5.74) is 0.158. The molecule has 3 heterocycles. The quantitative estimate of drug-likeness (QED) is 0.633. The van der Waals surface area contributed by atoms with Crippen molar-refractivity contribution in [1.29, 1.82) is 0 Å². The zero-order valence-corrected chi connectivity index (χ0v) is 21.5. The zero-order valence-electron chi connectivity index (χ0n) is 21.5. The summed E-state index contributed by atoms with van der Waals surface area (Å²) in [4.78, 5) is 25.4. The molecule has 9 nitrogen and oxygen atoms in total. The molecule has 0 spiro atoms. The van der Waals surface area contributed by atoms with Crippen LogP contribution in [0.2, 0.25) is 0 Å². The average Bonchev–Trinajstić information content (AvgIpc) is 2.98. The molecular formula is C24H35BN4O5. The van der Waals surface area contributed by atoms with Gasteiger partial charge in [-0.2, -0.15) is 0 Å². The highest BCUT2D eigenvalue weighted by Crippen LogP contribution is 2.38. The SMILES string of the molecule is COc1cc2c(N3CCN(C(=O)OC(C)(C)C)CC3)ncnc2cc1B1OC(C)(C)C(C)(C)O1. The summed E-state index contributed by atoms with van der Waals surface area (Å²) in [6.45, 7) is 16.1. The Hall–Kier alpha value is -2.59. The number of hydrogen-bond acceptors (Lipinski definition) is 8. The maximum absolute atomic E-state index is 12.4. The molecule has 0 atom stereocenters. The molecule has 34 heavy (non-hydrogen) atoms. The lowest BCUT2D eigenvalue weighted by molar-refractivity contribution is 0.00578. The summed E-state index contributed by atoms with van der Waals surface area (Å²) < 4.78 is 23.8. The van der Waals surface area contributed by atoms with Crippen molar-refractivity contribution in [2.75, 3.05) is 38.2 Å². The summed E-state index contributed by atoms with van der Waals surface area (Å²) in [5.74, 6) is 1.47. The van der Waals surface area contributed by atoms with Gasteiger partial charge in [0.25, 0.3) is 0 Å². The summed E-state index contributed by atoms with van der Waals surface area (Å²) >= 11 is 0. The largest absolute Gasteiger partial charge is 0.498 e. The molecule has 10 heteroatoms. The second-order valence-electron chi connectivity index (χ2n) is 10.9. The number of piperazine rings is 1. The molecule has 0 saturated carbocycles. The van der Waals surface area contributed by atoms with Gasteiger partial charge in [0.2, 0.25) is 0 Å². The van der Waals surface area contributed by atoms with E-state index in [-0.39, 0.29) is 6.09 Å². The topological polar surface area (TPSA) is 86.3 Å². The van der Waals surface area contributed by atoms with Crippen molar-refractivity contribution in [2.45, 2.75) is 65.3 Å². The molecule has 0 radical (unpaired) electrons. The Morgan fingerprint density at radius 1 is 1.03 bits per heavy atom. The number of carbonyl (C=O) groups is 1. The highest BCUT2D eigenvalue weighted by atomic mass is 16.7. The fourth-order valence-electron chi connectivity index (χ4n) is 4.10. The Balaban J connectivity index is 1.59. The van der Waals surface area contributed by atoms with Crippen LogP contribution in [0.5, 0.6) is 5.75 Å². The van der Waals surface area contributed by atoms with Crippen molar-refractivity contribution >= 4 is 35.4 Å². The van der Waals surface area contributed by atoms with Crippen molar-refractivity contribution in [3.05, 3.63) is 18.5 Å². The molecule has 2 aromatic rings. The van der Waals surface area contributed by atoms with Gasteiger partial charge in [0.1, 0.15) is 23.5 Å². The van der Waals surface area contributed by atoms with Crippen LogP contribution in [0.25, 0.3) is 10.9 Å². The van der Waals surface area contributed by atoms with Gasteiger partial charge in [-0.05, 0) is 60.6 Å². The van der Waals surface area contributed by atoms with Gasteiger partial charge < -0.3 is 28.6 Å². The Labute approximate surface area is 201 Å². The van der Waals surface area contributed by atoms with Crippen molar-refractivity contribution < 1.29 is 23.6 Å². The number of anilines is 1. The molecule has 0 N–H and O–H groups in total. The van der Waals surface area contributed by atoms with Crippen molar-refractivity contribution in [3.8, 4) is 5.75 Å². The Bertz CT molecular complexity index is 1060. The molecule has 0 aliphatic carbocycles. The van der Waals surface area contributed by atoms with Crippen LogP contribution < -0.4 is 15.1 Å². The highest BCUT2D eigenvalue weighted by Gasteiger charge is 2.52. The molecule has 1 amide bonds. The fourth-order valence-corrected chi connectivity index (χ4v) is 4.10. The van der Waals surface area contributed by atoms with Crippen molar-refractivity contribution in [1.82, 2.24) is 14.9 Å². The molecule has 1 aromatic heterocycles. The minimum Gasteiger partial charge on any atom is -0.497 e. The van der Waals surface area contributed by atoms with Gasteiger partial charge in [-0.25, -0.2) is 14.8 Å². The number of carbonyl (C=O) groups excluding carboxylic acids is 1. The van der Waals surface area contributed by atoms with E-state index in [1.54, 1.807) is 18.3 Å². The summed E-state index contributed by atoms with van der Waals surface area (Å²) in [7, 11) is 1.08. The van der Waals surface area contributed by atoms with Crippen LogP contribution in [0.1, 0.15) is 48.5 Å². The van der Waals surface area contributed by atoms with Gasteiger partial charge in [-0.3, -0.25) is 0 Å². The van der Waals surface area contributed by atoms with Crippen LogP contribution >= 0.6 is 0 Å². The van der Waals surface area contributed by atoms with E-state index in [4.69, 9.17) is 18.8 Å².